The van der Waals surface area contributed by atoms with E-state index in [0.29, 0.717) is 23.1 Å². The molecule has 3 rings (SSSR count). The van der Waals surface area contributed by atoms with Crippen molar-refractivity contribution in [1.82, 2.24) is 15.6 Å². The fourth-order valence-electron chi connectivity index (χ4n) is 2.69. The predicted octanol–water partition coefficient (Wildman–Crippen LogP) is 3.36. The smallest absolute Gasteiger partial charge is 0.257 e. The second kappa shape index (κ2) is 7.77. The van der Waals surface area contributed by atoms with E-state index in [-0.39, 0.29) is 11.9 Å². The number of rotatable bonds is 4. The zero-order valence-corrected chi connectivity index (χ0v) is 15.0. The lowest BCUT2D eigenvalue weighted by molar-refractivity contribution is 0.0912. The largest absolute Gasteiger partial charge is 0.438 e. The highest BCUT2D eigenvalue weighted by molar-refractivity contribution is 9.10. The van der Waals surface area contributed by atoms with Crippen LogP contribution in [0.2, 0.25) is 0 Å². The van der Waals surface area contributed by atoms with Crippen LogP contribution in [0.5, 0.6) is 11.6 Å². The fourth-order valence-corrected chi connectivity index (χ4v) is 2.95. The Morgan fingerprint density at radius 2 is 2.12 bits per heavy atom. The van der Waals surface area contributed by atoms with Gasteiger partial charge in [-0.1, -0.05) is 22.9 Å². The van der Waals surface area contributed by atoms with Gasteiger partial charge in [-0.05, 0) is 55.3 Å². The number of hydrogen-bond acceptors (Lipinski definition) is 4. The van der Waals surface area contributed by atoms with E-state index < -0.39 is 0 Å². The van der Waals surface area contributed by atoms with Crippen LogP contribution in [0, 0.1) is 5.92 Å². The molecule has 5 nitrogen and oxygen atoms in total. The molecule has 2 atom stereocenters. The topological polar surface area (TPSA) is 63.2 Å². The molecule has 2 N–H and O–H groups in total. The van der Waals surface area contributed by atoms with Crippen LogP contribution in [0.3, 0.4) is 0 Å². The van der Waals surface area contributed by atoms with Crippen LogP contribution in [0.4, 0.5) is 0 Å². The summed E-state index contributed by atoms with van der Waals surface area (Å²) < 4.78 is 6.76. The van der Waals surface area contributed by atoms with Crippen molar-refractivity contribution >= 4 is 21.8 Å². The zero-order valence-electron chi connectivity index (χ0n) is 13.5. The third-order valence-electron chi connectivity index (χ3n) is 4.19. The number of aromatic nitrogens is 1. The van der Waals surface area contributed by atoms with Crippen molar-refractivity contribution in [3.05, 3.63) is 52.6 Å². The first-order valence-electron chi connectivity index (χ1n) is 8.03. The average molecular weight is 390 g/mol. The fraction of sp³-hybridized carbons (Fsp3) is 0.333. The summed E-state index contributed by atoms with van der Waals surface area (Å²) in [7, 11) is 0. The summed E-state index contributed by atoms with van der Waals surface area (Å²) in [5, 5.41) is 6.41. The average Bonchev–Trinajstić information content (AvgIpc) is 2.59. The van der Waals surface area contributed by atoms with Crippen LogP contribution in [0.15, 0.2) is 47.1 Å². The molecule has 2 aromatic rings. The lowest BCUT2D eigenvalue weighted by Gasteiger charge is -2.30. The van der Waals surface area contributed by atoms with Crippen LogP contribution >= 0.6 is 15.9 Å². The van der Waals surface area contributed by atoms with Crippen molar-refractivity contribution in [1.29, 1.82) is 0 Å². The molecule has 1 amide bonds. The summed E-state index contributed by atoms with van der Waals surface area (Å²) in [4.78, 5) is 16.9. The van der Waals surface area contributed by atoms with Crippen LogP contribution in [-0.4, -0.2) is 30.0 Å². The second-order valence-electron chi connectivity index (χ2n) is 5.96. The second-order valence-corrected chi connectivity index (χ2v) is 6.88. The highest BCUT2D eigenvalue weighted by atomic mass is 79.9. The molecule has 0 spiro atoms. The molecule has 1 saturated heterocycles. The lowest BCUT2D eigenvalue weighted by Crippen LogP contribution is -2.50. The Balaban J connectivity index is 1.75. The van der Waals surface area contributed by atoms with Gasteiger partial charge in [-0.3, -0.25) is 4.79 Å². The summed E-state index contributed by atoms with van der Waals surface area (Å²) in [5.41, 5.74) is 0.443. The minimum absolute atomic E-state index is 0.118. The quantitative estimate of drug-likeness (QED) is 0.841. The Morgan fingerprint density at radius 3 is 2.88 bits per heavy atom. The van der Waals surface area contributed by atoms with Gasteiger partial charge in [0.1, 0.15) is 11.3 Å². The summed E-state index contributed by atoms with van der Waals surface area (Å²) in [6, 6.07) is 11.0. The maximum atomic E-state index is 12.7. The van der Waals surface area contributed by atoms with E-state index in [0.717, 1.165) is 24.0 Å². The molecular weight excluding hydrogens is 370 g/mol. The number of carbonyl (C=O) groups is 1. The first-order chi connectivity index (χ1) is 11.6. The van der Waals surface area contributed by atoms with Gasteiger partial charge in [-0.25, -0.2) is 4.98 Å². The van der Waals surface area contributed by atoms with Gasteiger partial charge in [-0.2, -0.15) is 0 Å². The first-order valence-corrected chi connectivity index (χ1v) is 8.83. The Bertz CT molecular complexity index is 706. The molecule has 1 aliphatic rings. The lowest BCUT2D eigenvalue weighted by atomic mass is 9.94. The number of piperidine rings is 1. The molecule has 1 aliphatic heterocycles. The van der Waals surface area contributed by atoms with Gasteiger partial charge in [0, 0.05) is 23.3 Å². The van der Waals surface area contributed by atoms with Crippen molar-refractivity contribution in [3.8, 4) is 11.6 Å². The zero-order chi connectivity index (χ0) is 16.9. The van der Waals surface area contributed by atoms with E-state index >= 15 is 0 Å². The highest BCUT2D eigenvalue weighted by Gasteiger charge is 2.24. The Morgan fingerprint density at radius 1 is 1.33 bits per heavy atom. The Labute approximate surface area is 149 Å². The van der Waals surface area contributed by atoms with E-state index in [9.17, 15) is 4.79 Å². The molecule has 1 fully saturated rings. The number of ether oxygens (including phenoxy) is 1. The minimum atomic E-state index is -0.157. The summed E-state index contributed by atoms with van der Waals surface area (Å²) in [5.74, 6) is 1.24. The maximum absolute atomic E-state index is 12.7. The number of carbonyl (C=O) groups excluding carboxylic acids is 1. The van der Waals surface area contributed by atoms with Crippen LogP contribution in [0.1, 0.15) is 23.7 Å². The standard InChI is InChI=1S/C18H20BrN3O2/c1-12-8-10-20-11-16(12)22-17(23)15-3-2-9-21-18(15)24-14-6-4-13(19)5-7-14/h2-7,9,12,16,20H,8,10-11H2,1H3,(H,22,23). The number of benzene rings is 1. The van der Waals surface area contributed by atoms with Gasteiger partial charge in [0.05, 0.1) is 0 Å². The van der Waals surface area contributed by atoms with Crippen molar-refractivity contribution in [2.45, 2.75) is 19.4 Å². The van der Waals surface area contributed by atoms with Gasteiger partial charge < -0.3 is 15.4 Å². The molecule has 2 unspecified atom stereocenters. The SMILES string of the molecule is CC1CCNCC1NC(=O)c1cccnc1Oc1ccc(Br)cc1. The maximum Gasteiger partial charge on any atom is 0.257 e. The molecule has 126 valence electrons. The van der Waals surface area contributed by atoms with E-state index in [1.54, 1.807) is 18.3 Å². The van der Waals surface area contributed by atoms with Crippen molar-refractivity contribution in [2.24, 2.45) is 5.92 Å². The third-order valence-corrected chi connectivity index (χ3v) is 4.72. The predicted molar refractivity (Wildman–Crippen MR) is 96.4 cm³/mol. The third kappa shape index (κ3) is 4.13. The summed E-state index contributed by atoms with van der Waals surface area (Å²) in [6.07, 6.45) is 2.68. The van der Waals surface area contributed by atoms with Gasteiger partial charge in [0.2, 0.25) is 5.88 Å². The van der Waals surface area contributed by atoms with E-state index in [2.05, 4.69) is 38.5 Å². The number of halogens is 1. The molecule has 0 bridgehead atoms. The number of hydrogen-bond donors (Lipinski definition) is 2. The van der Waals surface area contributed by atoms with Gasteiger partial charge >= 0.3 is 0 Å². The normalized spacial score (nSPS) is 20.4. The Hall–Kier alpha value is -1.92. The number of nitrogens with one attached hydrogen (secondary N) is 2. The van der Waals surface area contributed by atoms with Crippen molar-refractivity contribution in [3.63, 3.8) is 0 Å². The van der Waals surface area contributed by atoms with Crippen LogP contribution < -0.4 is 15.4 Å². The molecule has 24 heavy (non-hydrogen) atoms. The monoisotopic (exact) mass is 389 g/mol. The van der Waals surface area contributed by atoms with Crippen molar-refractivity contribution in [2.75, 3.05) is 13.1 Å². The van der Waals surface area contributed by atoms with Gasteiger partial charge in [0.15, 0.2) is 0 Å². The Kier molecular flexibility index (Phi) is 5.48. The van der Waals surface area contributed by atoms with Crippen LogP contribution in [0.25, 0.3) is 0 Å². The molecule has 1 aromatic carbocycles. The molecule has 0 radical (unpaired) electrons. The molecule has 1 aromatic heterocycles. The molecule has 0 aliphatic carbocycles. The van der Waals surface area contributed by atoms with Gasteiger partial charge in [-0.15, -0.1) is 0 Å². The molecule has 6 heteroatoms. The highest BCUT2D eigenvalue weighted by Crippen LogP contribution is 2.24. The van der Waals surface area contributed by atoms with E-state index in [4.69, 9.17) is 4.74 Å². The minimum Gasteiger partial charge on any atom is -0.438 e. The molecule has 0 saturated carbocycles. The number of nitrogens with zero attached hydrogens (tertiary/aromatic N) is 1. The van der Waals surface area contributed by atoms with Gasteiger partial charge in [0.25, 0.3) is 5.91 Å². The summed E-state index contributed by atoms with van der Waals surface area (Å²) >= 11 is 3.39. The van der Waals surface area contributed by atoms with E-state index in [1.165, 1.54) is 0 Å². The van der Waals surface area contributed by atoms with Crippen molar-refractivity contribution < 1.29 is 9.53 Å². The summed E-state index contributed by atoms with van der Waals surface area (Å²) in [6.45, 7) is 3.95. The first kappa shape index (κ1) is 16.9. The van der Waals surface area contributed by atoms with Crippen LogP contribution in [-0.2, 0) is 0 Å². The number of amides is 1. The molecule has 2 heterocycles. The van der Waals surface area contributed by atoms with E-state index in [1.807, 2.05) is 24.3 Å². The number of pyridine rings is 1. The molecular formula is C18H20BrN3O2.